The average molecular weight is 307 g/mol. The summed E-state index contributed by atoms with van der Waals surface area (Å²) >= 11 is 0. The summed E-state index contributed by atoms with van der Waals surface area (Å²) in [6.07, 6.45) is 13.7. The highest BCUT2D eigenvalue weighted by Gasteiger charge is 2.22. The zero-order valence-corrected chi connectivity index (χ0v) is 16.7. The van der Waals surface area contributed by atoms with Gasteiger partial charge in [0.15, 0.2) is 0 Å². The Hall–Kier alpha value is -0.520. The van der Waals surface area contributed by atoms with E-state index in [-0.39, 0.29) is 0 Å². The summed E-state index contributed by atoms with van der Waals surface area (Å²) in [6.45, 7) is 18.8. The fraction of sp³-hybridized carbons (Fsp3) is 0.818. The molecule has 0 fully saturated rings. The molecule has 0 aliphatic heterocycles. The minimum Gasteiger partial charge on any atom is -0.0879 e. The first-order valence-corrected chi connectivity index (χ1v) is 9.67. The van der Waals surface area contributed by atoms with Crippen molar-refractivity contribution < 1.29 is 0 Å². The van der Waals surface area contributed by atoms with Crippen molar-refractivity contribution in [2.24, 2.45) is 29.6 Å². The lowest BCUT2D eigenvalue weighted by Crippen LogP contribution is -2.22. The second-order valence-corrected chi connectivity index (χ2v) is 7.78. The van der Waals surface area contributed by atoms with E-state index < -0.39 is 0 Å². The number of hydrogen-bond acceptors (Lipinski definition) is 0. The fourth-order valence-corrected chi connectivity index (χ4v) is 3.59. The van der Waals surface area contributed by atoms with E-state index in [9.17, 15) is 0 Å². The summed E-state index contributed by atoms with van der Waals surface area (Å²) in [5.41, 5.74) is 1.56. The summed E-state index contributed by atoms with van der Waals surface area (Å²) in [4.78, 5) is 0. The topological polar surface area (TPSA) is 0 Å². The Morgan fingerprint density at radius 3 is 2.14 bits per heavy atom. The first-order chi connectivity index (χ1) is 10.3. The molecule has 0 aromatic heterocycles. The molecule has 0 N–H and O–H groups in total. The third-order valence-electron chi connectivity index (χ3n) is 5.33. The van der Waals surface area contributed by atoms with Crippen LogP contribution >= 0.6 is 0 Å². The molecule has 0 heterocycles. The van der Waals surface area contributed by atoms with Gasteiger partial charge >= 0.3 is 0 Å². The highest BCUT2D eigenvalue weighted by molar-refractivity contribution is 5.02. The molecule has 0 bridgehead atoms. The van der Waals surface area contributed by atoms with Crippen LogP contribution in [0, 0.1) is 29.6 Å². The summed E-state index contributed by atoms with van der Waals surface area (Å²) in [7, 11) is 0. The summed E-state index contributed by atoms with van der Waals surface area (Å²) in [5.74, 6) is 3.85. The molecule has 0 nitrogen and oxygen atoms in total. The Morgan fingerprint density at radius 1 is 1.00 bits per heavy atom. The van der Waals surface area contributed by atoms with Gasteiger partial charge in [0.25, 0.3) is 0 Å². The van der Waals surface area contributed by atoms with Gasteiger partial charge in [-0.05, 0) is 55.8 Å². The molecule has 0 aliphatic rings. The highest BCUT2D eigenvalue weighted by atomic mass is 14.3. The van der Waals surface area contributed by atoms with E-state index in [1.54, 1.807) is 5.57 Å². The van der Waals surface area contributed by atoms with Crippen LogP contribution in [-0.2, 0) is 0 Å². The maximum absolute atomic E-state index is 2.47. The largest absolute Gasteiger partial charge is 0.0879 e. The Kier molecular flexibility index (Phi) is 11.7. The van der Waals surface area contributed by atoms with Gasteiger partial charge in [-0.3, -0.25) is 0 Å². The van der Waals surface area contributed by atoms with E-state index >= 15 is 0 Å². The van der Waals surface area contributed by atoms with Crippen molar-refractivity contribution >= 4 is 0 Å². The lowest BCUT2D eigenvalue weighted by molar-refractivity contribution is 0.224. The number of rotatable bonds is 11. The van der Waals surface area contributed by atoms with E-state index in [1.807, 2.05) is 0 Å². The number of allylic oxidation sites excluding steroid dienone is 4. The molecule has 0 radical (unpaired) electrons. The van der Waals surface area contributed by atoms with Gasteiger partial charge in [-0.2, -0.15) is 0 Å². The van der Waals surface area contributed by atoms with Gasteiger partial charge in [-0.25, -0.2) is 0 Å². The molecule has 0 aliphatic carbocycles. The molecular formula is C22H42. The molecule has 0 aromatic rings. The van der Waals surface area contributed by atoms with E-state index in [2.05, 4.69) is 73.6 Å². The van der Waals surface area contributed by atoms with Crippen LogP contribution in [0.1, 0.15) is 87.5 Å². The lowest BCUT2D eigenvalue weighted by Gasteiger charge is -2.29. The van der Waals surface area contributed by atoms with Crippen molar-refractivity contribution in [3.63, 3.8) is 0 Å². The lowest BCUT2D eigenvalue weighted by atomic mass is 9.76. The first kappa shape index (κ1) is 21.5. The van der Waals surface area contributed by atoms with Crippen LogP contribution in [0.5, 0.6) is 0 Å². The summed E-state index contributed by atoms with van der Waals surface area (Å²) < 4.78 is 0. The predicted molar refractivity (Wildman–Crippen MR) is 103 cm³/mol. The normalized spacial score (nSPS) is 18.7. The minimum absolute atomic E-state index is 0.700. The van der Waals surface area contributed by atoms with Crippen molar-refractivity contribution in [1.29, 1.82) is 0 Å². The van der Waals surface area contributed by atoms with Crippen LogP contribution in [0.2, 0.25) is 0 Å². The molecule has 0 aromatic carbocycles. The molecule has 4 unspecified atom stereocenters. The second-order valence-electron chi connectivity index (χ2n) is 7.78. The number of hydrogen-bond donors (Lipinski definition) is 0. The maximum atomic E-state index is 2.47. The maximum Gasteiger partial charge on any atom is -0.0231 e. The first-order valence-electron chi connectivity index (χ1n) is 9.67. The van der Waals surface area contributed by atoms with E-state index in [0.29, 0.717) is 5.92 Å². The van der Waals surface area contributed by atoms with Crippen molar-refractivity contribution in [3.8, 4) is 0 Å². The molecule has 130 valence electrons. The quantitative estimate of drug-likeness (QED) is 0.344. The molecule has 0 spiro atoms. The van der Waals surface area contributed by atoms with Gasteiger partial charge in [0, 0.05) is 0 Å². The van der Waals surface area contributed by atoms with Crippen LogP contribution in [0.4, 0.5) is 0 Å². The molecule has 0 saturated heterocycles. The molecule has 0 heteroatoms. The Morgan fingerprint density at radius 2 is 1.64 bits per heavy atom. The van der Waals surface area contributed by atoms with E-state index in [4.69, 9.17) is 0 Å². The summed E-state index contributed by atoms with van der Waals surface area (Å²) in [5, 5.41) is 0. The van der Waals surface area contributed by atoms with Gasteiger partial charge in [-0.15, -0.1) is 0 Å². The fourth-order valence-electron chi connectivity index (χ4n) is 3.59. The standard InChI is InChI=1S/C22H42/c1-9-13-18(5)16-19(6)14-11-12-15-20(7)22(10-2)21(8)17(3)4/h12,15-18,20-22H,9-11,13-14H2,1-8H3. The minimum atomic E-state index is 0.700. The second kappa shape index (κ2) is 12.0. The molecule has 4 atom stereocenters. The third-order valence-corrected chi connectivity index (χ3v) is 5.33. The molecular weight excluding hydrogens is 264 g/mol. The SMILES string of the molecule is CCCC(C)C=C(C)CCC=CC(C)C(CC)C(C)C(C)C. The van der Waals surface area contributed by atoms with Gasteiger partial charge < -0.3 is 0 Å². The Balaban J connectivity index is 4.31. The van der Waals surface area contributed by atoms with Crippen molar-refractivity contribution in [3.05, 3.63) is 23.8 Å². The molecule has 0 saturated carbocycles. The Labute approximate surface area is 141 Å². The molecule has 22 heavy (non-hydrogen) atoms. The van der Waals surface area contributed by atoms with Gasteiger partial charge in [-0.1, -0.05) is 85.1 Å². The zero-order chi connectivity index (χ0) is 17.1. The van der Waals surface area contributed by atoms with Crippen LogP contribution in [0.15, 0.2) is 23.8 Å². The van der Waals surface area contributed by atoms with Crippen LogP contribution in [0.3, 0.4) is 0 Å². The van der Waals surface area contributed by atoms with Crippen LogP contribution < -0.4 is 0 Å². The predicted octanol–water partition coefficient (Wildman–Crippen LogP) is 7.66. The smallest absolute Gasteiger partial charge is 0.0231 e. The zero-order valence-electron chi connectivity index (χ0n) is 16.7. The monoisotopic (exact) mass is 306 g/mol. The van der Waals surface area contributed by atoms with Crippen molar-refractivity contribution in [2.75, 3.05) is 0 Å². The molecule has 0 amide bonds. The Bertz CT molecular complexity index is 321. The van der Waals surface area contributed by atoms with Crippen LogP contribution in [-0.4, -0.2) is 0 Å². The molecule has 0 rings (SSSR count). The van der Waals surface area contributed by atoms with Gasteiger partial charge in [0.1, 0.15) is 0 Å². The summed E-state index contributed by atoms with van der Waals surface area (Å²) in [6, 6.07) is 0. The van der Waals surface area contributed by atoms with Crippen LogP contribution in [0.25, 0.3) is 0 Å². The van der Waals surface area contributed by atoms with Crippen molar-refractivity contribution in [2.45, 2.75) is 87.5 Å². The average Bonchev–Trinajstić information content (AvgIpc) is 2.44. The van der Waals surface area contributed by atoms with E-state index in [1.165, 1.54) is 32.1 Å². The van der Waals surface area contributed by atoms with Gasteiger partial charge in [0.05, 0.1) is 0 Å². The van der Waals surface area contributed by atoms with E-state index in [0.717, 1.165) is 23.7 Å². The highest BCUT2D eigenvalue weighted by Crippen LogP contribution is 2.30. The van der Waals surface area contributed by atoms with Gasteiger partial charge in [0.2, 0.25) is 0 Å². The van der Waals surface area contributed by atoms with Crippen molar-refractivity contribution in [1.82, 2.24) is 0 Å². The third kappa shape index (κ3) is 8.81.